The highest BCUT2D eigenvalue weighted by Gasteiger charge is 1.89. The molecule has 0 saturated heterocycles. The summed E-state index contributed by atoms with van der Waals surface area (Å²) in [6, 6.07) is 7.71. The Hall–Kier alpha value is -0.790. The lowest BCUT2D eigenvalue weighted by atomic mass is 10.1. The molecule has 1 aromatic rings. The summed E-state index contributed by atoms with van der Waals surface area (Å²) in [7, 11) is 0. The van der Waals surface area contributed by atoms with Crippen molar-refractivity contribution in [3.63, 3.8) is 0 Å². The summed E-state index contributed by atoms with van der Waals surface area (Å²) in [5.41, 5.74) is 1.99. The third-order valence-electron chi connectivity index (χ3n) is 1.53. The van der Waals surface area contributed by atoms with Crippen molar-refractivity contribution in [3.8, 4) is 0 Å². The predicted octanol–water partition coefficient (Wildman–Crippen LogP) is 2.43. The van der Waals surface area contributed by atoms with Crippen LogP contribution in [0.25, 0.3) is 6.08 Å². The number of hydrogen-bond acceptors (Lipinski definition) is 1. The molecule has 0 aliphatic rings. The van der Waals surface area contributed by atoms with Crippen molar-refractivity contribution in [2.24, 2.45) is 0 Å². The van der Waals surface area contributed by atoms with Crippen molar-refractivity contribution in [2.75, 3.05) is 5.88 Å². The summed E-state index contributed by atoms with van der Waals surface area (Å²) < 4.78 is 0. The molecule has 0 aliphatic heterocycles. The Kier molecular flexibility index (Phi) is 3.85. The average Bonchev–Trinajstić information content (AvgIpc) is 2.15. The van der Waals surface area contributed by atoms with Crippen LogP contribution in [0.2, 0.25) is 0 Å². The highest BCUT2D eigenvalue weighted by Crippen LogP contribution is 2.06. The number of halogens is 1. The van der Waals surface area contributed by atoms with Crippen LogP contribution in [0.4, 0.5) is 0 Å². The topological polar surface area (TPSA) is 20.2 Å². The average molecular weight is 183 g/mol. The molecule has 0 radical (unpaired) electrons. The maximum absolute atomic E-state index is 8.84. The number of aliphatic hydroxyl groups excluding tert-OH is 1. The first kappa shape index (κ1) is 9.30. The molecule has 0 heterocycles. The number of rotatable bonds is 3. The molecular formula is C10H11ClO. The van der Waals surface area contributed by atoms with Crippen LogP contribution in [0.3, 0.4) is 0 Å². The third-order valence-corrected chi connectivity index (χ3v) is 1.71. The largest absolute Gasteiger partial charge is 0.392 e. The van der Waals surface area contributed by atoms with Gasteiger partial charge in [0, 0.05) is 5.88 Å². The lowest BCUT2D eigenvalue weighted by molar-refractivity contribution is 0.282. The van der Waals surface area contributed by atoms with Crippen LogP contribution in [0, 0.1) is 0 Å². The molecule has 1 nitrogen and oxygen atoms in total. The fourth-order valence-electron chi connectivity index (χ4n) is 0.976. The zero-order valence-corrected chi connectivity index (χ0v) is 7.46. The van der Waals surface area contributed by atoms with E-state index in [1.54, 1.807) is 0 Å². The smallest absolute Gasteiger partial charge is 0.0682 e. The summed E-state index contributed by atoms with van der Waals surface area (Å²) in [4.78, 5) is 0. The minimum Gasteiger partial charge on any atom is -0.392 e. The second-order valence-corrected chi connectivity index (χ2v) is 2.77. The van der Waals surface area contributed by atoms with Gasteiger partial charge < -0.3 is 5.11 Å². The van der Waals surface area contributed by atoms with Gasteiger partial charge in [-0.1, -0.05) is 30.4 Å². The van der Waals surface area contributed by atoms with Gasteiger partial charge in [-0.15, -0.1) is 11.6 Å². The van der Waals surface area contributed by atoms with E-state index < -0.39 is 0 Å². The van der Waals surface area contributed by atoms with Crippen LogP contribution in [-0.4, -0.2) is 11.0 Å². The van der Waals surface area contributed by atoms with Crippen molar-refractivity contribution in [1.29, 1.82) is 0 Å². The van der Waals surface area contributed by atoms with Gasteiger partial charge in [0.05, 0.1) is 6.61 Å². The molecule has 12 heavy (non-hydrogen) atoms. The SMILES string of the molecule is OCc1cccc(C=CCCl)c1. The molecule has 0 saturated carbocycles. The van der Waals surface area contributed by atoms with Gasteiger partial charge in [0.25, 0.3) is 0 Å². The Labute approximate surface area is 77.3 Å². The molecule has 0 amide bonds. The van der Waals surface area contributed by atoms with Gasteiger partial charge in [0.2, 0.25) is 0 Å². The standard InChI is InChI=1S/C10H11ClO/c11-6-2-5-9-3-1-4-10(7-9)8-12/h1-5,7,12H,6,8H2. The fraction of sp³-hybridized carbons (Fsp3) is 0.200. The van der Waals surface area contributed by atoms with E-state index in [0.717, 1.165) is 11.1 Å². The van der Waals surface area contributed by atoms with Crippen molar-refractivity contribution in [3.05, 3.63) is 41.5 Å². The maximum Gasteiger partial charge on any atom is 0.0682 e. The summed E-state index contributed by atoms with van der Waals surface area (Å²) in [5.74, 6) is 0.517. The van der Waals surface area contributed by atoms with E-state index in [-0.39, 0.29) is 6.61 Å². The van der Waals surface area contributed by atoms with Crippen molar-refractivity contribution in [2.45, 2.75) is 6.61 Å². The zero-order valence-electron chi connectivity index (χ0n) is 6.70. The number of alkyl halides is 1. The van der Waals surface area contributed by atoms with E-state index in [2.05, 4.69) is 0 Å². The Morgan fingerprint density at radius 1 is 1.42 bits per heavy atom. The Balaban J connectivity index is 2.79. The first-order valence-electron chi connectivity index (χ1n) is 3.79. The summed E-state index contributed by atoms with van der Waals surface area (Å²) in [6.07, 6.45) is 3.81. The quantitative estimate of drug-likeness (QED) is 0.712. The lowest BCUT2D eigenvalue weighted by Crippen LogP contribution is -1.82. The highest BCUT2D eigenvalue weighted by molar-refractivity contribution is 6.19. The second-order valence-electron chi connectivity index (χ2n) is 2.46. The number of allylic oxidation sites excluding steroid dienone is 1. The molecule has 0 aliphatic carbocycles. The lowest BCUT2D eigenvalue weighted by Gasteiger charge is -1.96. The Morgan fingerprint density at radius 2 is 2.25 bits per heavy atom. The predicted molar refractivity (Wildman–Crippen MR) is 52.1 cm³/mol. The van der Waals surface area contributed by atoms with Gasteiger partial charge in [-0.05, 0) is 17.2 Å². The second kappa shape index (κ2) is 4.96. The minimum absolute atomic E-state index is 0.0859. The van der Waals surface area contributed by atoms with E-state index in [9.17, 15) is 0 Å². The van der Waals surface area contributed by atoms with E-state index in [0.29, 0.717) is 5.88 Å². The fourth-order valence-corrected chi connectivity index (χ4v) is 1.06. The first-order chi connectivity index (χ1) is 5.86. The monoisotopic (exact) mass is 182 g/mol. The van der Waals surface area contributed by atoms with Crippen molar-refractivity contribution < 1.29 is 5.11 Å². The van der Waals surface area contributed by atoms with Crippen LogP contribution >= 0.6 is 11.6 Å². The van der Waals surface area contributed by atoms with Gasteiger partial charge in [-0.2, -0.15) is 0 Å². The molecule has 1 rings (SSSR count). The molecule has 0 aromatic heterocycles. The normalized spacial score (nSPS) is 10.8. The highest BCUT2D eigenvalue weighted by atomic mass is 35.5. The van der Waals surface area contributed by atoms with Crippen LogP contribution < -0.4 is 0 Å². The van der Waals surface area contributed by atoms with Gasteiger partial charge in [0.15, 0.2) is 0 Å². The maximum atomic E-state index is 8.84. The van der Waals surface area contributed by atoms with E-state index >= 15 is 0 Å². The van der Waals surface area contributed by atoms with E-state index in [1.165, 1.54) is 0 Å². The zero-order chi connectivity index (χ0) is 8.81. The number of hydrogen-bond donors (Lipinski definition) is 1. The van der Waals surface area contributed by atoms with Gasteiger partial charge in [-0.3, -0.25) is 0 Å². The molecule has 2 heteroatoms. The van der Waals surface area contributed by atoms with E-state index in [1.807, 2.05) is 36.4 Å². The molecule has 0 spiro atoms. The summed E-state index contributed by atoms with van der Waals surface area (Å²) in [6.45, 7) is 0.0859. The number of aliphatic hydroxyl groups is 1. The van der Waals surface area contributed by atoms with Crippen LogP contribution in [0.5, 0.6) is 0 Å². The molecule has 0 fully saturated rings. The molecule has 0 bridgehead atoms. The summed E-state index contributed by atoms with van der Waals surface area (Å²) >= 11 is 5.49. The van der Waals surface area contributed by atoms with Crippen LogP contribution in [-0.2, 0) is 6.61 Å². The van der Waals surface area contributed by atoms with Gasteiger partial charge in [-0.25, -0.2) is 0 Å². The minimum atomic E-state index is 0.0859. The molecule has 0 atom stereocenters. The number of benzene rings is 1. The molecule has 64 valence electrons. The van der Waals surface area contributed by atoms with Crippen LogP contribution in [0.15, 0.2) is 30.3 Å². The molecule has 0 unspecified atom stereocenters. The van der Waals surface area contributed by atoms with E-state index in [4.69, 9.17) is 16.7 Å². The summed E-state index contributed by atoms with van der Waals surface area (Å²) in [5, 5.41) is 8.84. The van der Waals surface area contributed by atoms with Crippen molar-refractivity contribution >= 4 is 17.7 Å². The van der Waals surface area contributed by atoms with Gasteiger partial charge in [0.1, 0.15) is 0 Å². The van der Waals surface area contributed by atoms with Gasteiger partial charge >= 0.3 is 0 Å². The van der Waals surface area contributed by atoms with Crippen LogP contribution in [0.1, 0.15) is 11.1 Å². The third kappa shape index (κ3) is 2.68. The molecular weight excluding hydrogens is 172 g/mol. The Bertz CT molecular complexity index is 268. The Morgan fingerprint density at radius 3 is 2.92 bits per heavy atom. The molecule has 1 aromatic carbocycles. The first-order valence-corrected chi connectivity index (χ1v) is 4.32. The molecule has 1 N–H and O–H groups in total. The van der Waals surface area contributed by atoms with Crippen molar-refractivity contribution in [1.82, 2.24) is 0 Å².